The van der Waals surface area contributed by atoms with Crippen LogP contribution in [0.3, 0.4) is 0 Å². The molecular formula is C16H15ClO4. The molecule has 0 spiro atoms. The molecule has 0 aromatic heterocycles. The van der Waals surface area contributed by atoms with Crippen LogP contribution in [0, 0.1) is 0 Å². The Morgan fingerprint density at radius 2 is 1.67 bits per heavy atom. The van der Waals surface area contributed by atoms with E-state index in [0.29, 0.717) is 39.0 Å². The van der Waals surface area contributed by atoms with E-state index in [4.69, 9.17) is 25.8 Å². The van der Waals surface area contributed by atoms with E-state index in [1.807, 2.05) is 0 Å². The smallest absolute Gasteiger partial charge is 0.150 e. The van der Waals surface area contributed by atoms with Gasteiger partial charge in [0.1, 0.15) is 22.3 Å². The molecule has 0 aliphatic heterocycles. The number of hydrogen-bond donors (Lipinski definition) is 0. The second-order valence-corrected chi connectivity index (χ2v) is 4.61. The van der Waals surface area contributed by atoms with E-state index in [-0.39, 0.29) is 0 Å². The lowest BCUT2D eigenvalue weighted by Crippen LogP contribution is -1.96. The Balaban J connectivity index is 2.67. The van der Waals surface area contributed by atoms with Crippen LogP contribution in [-0.2, 0) is 0 Å². The molecule has 2 rings (SSSR count). The monoisotopic (exact) mass is 306 g/mol. The molecule has 0 unspecified atom stereocenters. The molecule has 0 bridgehead atoms. The van der Waals surface area contributed by atoms with E-state index < -0.39 is 0 Å². The van der Waals surface area contributed by atoms with Gasteiger partial charge in [-0.25, -0.2) is 0 Å². The van der Waals surface area contributed by atoms with Crippen molar-refractivity contribution in [2.45, 2.75) is 0 Å². The molecule has 21 heavy (non-hydrogen) atoms. The van der Waals surface area contributed by atoms with Gasteiger partial charge in [-0.05, 0) is 35.9 Å². The summed E-state index contributed by atoms with van der Waals surface area (Å²) >= 11 is 6.26. The van der Waals surface area contributed by atoms with Crippen LogP contribution in [0.2, 0.25) is 5.02 Å². The lowest BCUT2D eigenvalue weighted by atomic mass is 9.99. The average Bonchev–Trinajstić information content (AvgIpc) is 2.53. The number of hydrogen-bond acceptors (Lipinski definition) is 4. The largest absolute Gasteiger partial charge is 0.497 e. The van der Waals surface area contributed by atoms with Crippen molar-refractivity contribution in [3.05, 3.63) is 40.9 Å². The molecule has 2 aromatic carbocycles. The molecule has 0 heterocycles. The fourth-order valence-electron chi connectivity index (χ4n) is 2.12. The third-order valence-corrected chi connectivity index (χ3v) is 3.52. The van der Waals surface area contributed by atoms with Crippen LogP contribution in [0.25, 0.3) is 11.1 Å². The van der Waals surface area contributed by atoms with Crippen molar-refractivity contribution in [3.8, 4) is 28.4 Å². The molecule has 0 aliphatic rings. The maximum atomic E-state index is 11.3. The first-order valence-electron chi connectivity index (χ1n) is 6.20. The highest BCUT2D eigenvalue weighted by atomic mass is 35.5. The quantitative estimate of drug-likeness (QED) is 0.787. The maximum absolute atomic E-state index is 11.3. The van der Waals surface area contributed by atoms with Crippen LogP contribution in [0.1, 0.15) is 10.4 Å². The molecule has 5 heteroatoms. The van der Waals surface area contributed by atoms with Crippen molar-refractivity contribution in [2.75, 3.05) is 21.3 Å². The van der Waals surface area contributed by atoms with E-state index in [9.17, 15) is 4.79 Å². The fraction of sp³-hybridized carbons (Fsp3) is 0.188. The fourth-order valence-corrected chi connectivity index (χ4v) is 2.44. The van der Waals surface area contributed by atoms with Crippen molar-refractivity contribution in [3.63, 3.8) is 0 Å². The van der Waals surface area contributed by atoms with E-state index in [2.05, 4.69) is 0 Å². The van der Waals surface area contributed by atoms with Gasteiger partial charge in [0.2, 0.25) is 0 Å². The van der Waals surface area contributed by atoms with Gasteiger partial charge in [0.25, 0.3) is 0 Å². The molecule has 0 radical (unpaired) electrons. The number of aldehydes is 1. The Bertz CT molecular complexity index is 668. The number of carbonyl (C=O) groups excluding carboxylic acids is 1. The van der Waals surface area contributed by atoms with Crippen molar-refractivity contribution < 1.29 is 19.0 Å². The van der Waals surface area contributed by atoms with Gasteiger partial charge in [0.15, 0.2) is 6.29 Å². The summed E-state index contributed by atoms with van der Waals surface area (Å²) in [6.45, 7) is 0. The summed E-state index contributed by atoms with van der Waals surface area (Å²) in [5.41, 5.74) is 1.93. The average molecular weight is 307 g/mol. The Kier molecular flexibility index (Phi) is 4.70. The minimum Gasteiger partial charge on any atom is -0.497 e. The number of ether oxygens (including phenoxy) is 3. The predicted molar refractivity (Wildman–Crippen MR) is 81.9 cm³/mol. The molecule has 0 N–H and O–H groups in total. The molecule has 110 valence electrons. The van der Waals surface area contributed by atoms with Gasteiger partial charge in [-0.2, -0.15) is 0 Å². The number of rotatable bonds is 5. The molecule has 4 nitrogen and oxygen atoms in total. The highest BCUT2D eigenvalue weighted by molar-refractivity contribution is 6.34. The Hall–Kier alpha value is -2.20. The SMILES string of the molecule is COc1ccc(-c2ccc(OC)c(Cl)c2OC)c(C=O)c1. The molecule has 0 aliphatic carbocycles. The second kappa shape index (κ2) is 6.50. The van der Waals surface area contributed by atoms with Gasteiger partial charge in [0, 0.05) is 11.1 Å². The molecule has 0 saturated carbocycles. The minimum atomic E-state index is 0.366. The molecule has 0 fully saturated rings. The van der Waals surface area contributed by atoms with Crippen molar-refractivity contribution >= 4 is 17.9 Å². The topological polar surface area (TPSA) is 44.8 Å². The van der Waals surface area contributed by atoms with E-state index in [1.54, 1.807) is 37.4 Å². The Labute approximate surface area is 128 Å². The summed E-state index contributed by atoms with van der Waals surface area (Å²) < 4.78 is 15.7. The zero-order valence-electron chi connectivity index (χ0n) is 12.0. The van der Waals surface area contributed by atoms with Crippen LogP contribution in [0.4, 0.5) is 0 Å². The molecule has 2 aromatic rings. The molecule has 0 saturated heterocycles. The predicted octanol–water partition coefficient (Wildman–Crippen LogP) is 3.85. The highest BCUT2D eigenvalue weighted by Gasteiger charge is 2.17. The standard InChI is InChI=1S/C16H15ClO4/c1-19-11-4-5-12(10(8-11)9-18)13-6-7-14(20-2)15(17)16(13)21-3/h4-9H,1-3H3. The van der Waals surface area contributed by atoms with Crippen molar-refractivity contribution in [1.29, 1.82) is 0 Å². The summed E-state index contributed by atoms with van der Waals surface area (Å²) in [5, 5.41) is 0.366. The minimum absolute atomic E-state index is 0.366. The summed E-state index contributed by atoms with van der Waals surface area (Å²) in [5.74, 6) is 1.59. The number of benzene rings is 2. The molecular weight excluding hydrogens is 292 g/mol. The Morgan fingerprint density at radius 3 is 2.24 bits per heavy atom. The van der Waals surface area contributed by atoms with Crippen molar-refractivity contribution in [1.82, 2.24) is 0 Å². The number of methoxy groups -OCH3 is 3. The van der Waals surface area contributed by atoms with E-state index in [0.717, 1.165) is 6.29 Å². The van der Waals surface area contributed by atoms with Crippen LogP contribution >= 0.6 is 11.6 Å². The van der Waals surface area contributed by atoms with E-state index >= 15 is 0 Å². The summed E-state index contributed by atoms with van der Waals surface area (Å²) in [4.78, 5) is 11.3. The van der Waals surface area contributed by atoms with Gasteiger partial charge in [-0.15, -0.1) is 0 Å². The Morgan fingerprint density at radius 1 is 0.952 bits per heavy atom. The summed E-state index contributed by atoms with van der Waals surface area (Å²) in [7, 11) is 4.60. The summed E-state index contributed by atoms with van der Waals surface area (Å²) in [6, 6.07) is 8.78. The van der Waals surface area contributed by atoms with Crippen LogP contribution < -0.4 is 14.2 Å². The maximum Gasteiger partial charge on any atom is 0.150 e. The normalized spacial score (nSPS) is 10.1. The van der Waals surface area contributed by atoms with Gasteiger partial charge >= 0.3 is 0 Å². The second-order valence-electron chi connectivity index (χ2n) is 4.23. The van der Waals surface area contributed by atoms with Gasteiger partial charge < -0.3 is 14.2 Å². The zero-order chi connectivity index (χ0) is 15.4. The van der Waals surface area contributed by atoms with Crippen LogP contribution in [0.15, 0.2) is 30.3 Å². The molecule has 0 atom stereocenters. The van der Waals surface area contributed by atoms with Crippen LogP contribution in [0.5, 0.6) is 17.2 Å². The first kappa shape index (κ1) is 15.2. The van der Waals surface area contributed by atoms with Gasteiger partial charge in [-0.1, -0.05) is 11.6 Å². The summed E-state index contributed by atoms with van der Waals surface area (Å²) in [6.07, 6.45) is 0.773. The van der Waals surface area contributed by atoms with Crippen molar-refractivity contribution in [2.24, 2.45) is 0 Å². The van der Waals surface area contributed by atoms with Gasteiger partial charge in [-0.3, -0.25) is 4.79 Å². The first-order valence-corrected chi connectivity index (χ1v) is 6.58. The highest BCUT2D eigenvalue weighted by Crippen LogP contribution is 2.42. The third kappa shape index (κ3) is 2.81. The lowest BCUT2D eigenvalue weighted by molar-refractivity contribution is 0.112. The number of halogens is 1. The zero-order valence-corrected chi connectivity index (χ0v) is 12.7. The molecule has 0 amide bonds. The van der Waals surface area contributed by atoms with Crippen LogP contribution in [-0.4, -0.2) is 27.6 Å². The lowest BCUT2D eigenvalue weighted by Gasteiger charge is -2.15. The third-order valence-electron chi connectivity index (χ3n) is 3.16. The number of carbonyl (C=O) groups is 1. The van der Waals surface area contributed by atoms with Gasteiger partial charge in [0.05, 0.1) is 21.3 Å². The first-order chi connectivity index (χ1) is 10.2. The van der Waals surface area contributed by atoms with E-state index in [1.165, 1.54) is 14.2 Å².